The van der Waals surface area contributed by atoms with Crippen LogP contribution in [0, 0.1) is 0 Å². The van der Waals surface area contributed by atoms with Gasteiger partial charge in [-0.05, 0) is 19.3 Å². The number of hydrogen-bond acceptors (Lipinski definition) is 1. The molecular weight excluding hydrogens is 188 g/mol. The molecule has 84 valence electrons. The zero-order chi connectivity index (χ0) is 11.1. The third-order valence-electron chi connectivity index (χ3n) is 2.60. The maximum Gasteiger partial charge on any atom is 0.320 e. The van der Waals surface area contributed by atoms with Crippen molar-refractivity contribution in [2.24, 2.45) is 0 Å². The summed E-state index contributed by atoms with van der Waals surface area (Å²) in [5.74, 6) is 0. The molecule has 0 unspecified atom stereocenters. The van der Waals surface area contributed by atoms with Crippen LogP contribution < -0.4 is 0 Å². The van der Waals surface area contributed by atoms with E-state index >= 15 is 0 Å². The number of rotatable bonds is 4. The van der Waals surface area contributed by atoms with Crippen molar-refractivity contribution in [1.29, 1.82) is 0 Å². The van der Waals surface area contributed by atoms with Crippen LogP contribution in [0.1, 0.15) is 19.3 Å². The van der Waals surface area contributed by atoms with Crippen molar-refractivity contribution < 1.29 is 4.79 Å². The largest absolute Gasteiger partial charge is 0.325 e. The predicted octanol–water partition coefficient (Wildman–Crippen LogP) is 2.27. The van der Waals surface area contributed by atoms with Crippen molar-refractivity contribution >= 4 is 6.03 Å². The van der Waals surface area contributed by atoms with Crippen LogP contribution in [-0.4, -0.2) is 42.0 Å². The molecule has 0 aromatic rings. The molecule has 1 rings (SSSR count). The molecule has 0 bridgehead atoms. The number of nitrogens with zero attached hydrogens (tertiary/aromatic N) is 2. The fourth-order valence-corrected chi connectivity index (χ4v) is 1.83. The van der Waals surface area contributed by atoms with Crippen LogP contribution in [0.4, 0.5) is 4.79 Å². The predicted molar refractivity (Wildman–Crippen MR) is 62.8 cm³/mol. The van der Waals surface area contributed by atoms with Crippen LogP contribution >= 0.6 is 0 Å². The molecule has 0 atom stereocenters. The first-order valence-electron chi connectivity index (χ1n) is 5.55. The minimum atomic E-state index is 0.120. The number of amides is 2. The summed E-state index contributed by atoms with van der Waals surface area (Å²) in [6.07, 6.45) is 7.01. The molecular formula is C12H20N2O. The summed E-state index contributed by atoms with van der Waals surface area (Å²) in [5, 5.41) is 0. The second kappa shape index (κ2) is 6.27. The fourth-order valence-electron chi connectivity index (χ4n) is 1.83. The van der Waals surface area contributed by atoms with Gasteiger partial charge in [-0.25, -0.2) is 4.79 Å². The summed E-state index contributed by atoms with van der Waals surface area (Å²) in [6, 6.07) is 0.120. The quantitative estimate of drug-likeness (QED) is 0.650. The molecule has 0 aliphatic carbocycles. The fraction of sp³-hybridized carbons (Fsp3) is 0.583. The summed E-state index contributed by atoms with van der Waals surface area (Å²) < 4.78 is 0. The summed E-state index contributed by atoms with van der Waals surface area (Å²) in [5.41, 5.74) is 0. The molecule has 3 nitrogen and oxygen atoms in total. The molecule has 1 fully saturated rings. The van der Waals surface area contributed by atoms with E-state index in [4.69, 9.17) is 0 Å². The average Bonchev–Trinajstić information content (AvgIpc) is 2.29. The highest BCUT2D eigenvalue weighted by Gasteiger charge is 2.20. The smallest absolute Gasteiger partial charge is 0.320 e. The summed E-state index contributed by atoms with van der Waals surface area (Å²) in [4.78, 5) is 15.7. The van der Waals surface area contributed by atoms with Gasteiger partial charge < -0.3 is 9.80 Å². The van der Waals surface area contributed by atoms with E-state index in [-0.39, 0.29) is 6.03 Å². The van der Waals surface area contributed by atoms with Crippen LogP contribution in [0.3, 0.4) is 0 Å². The van der Waals surface area contributed by atoms with Crippen LogP contribution in [0.5, 0.6) is 0 Å². The molecule has 0 saturated carbocycles. The molecule has 1 aliphatic heterocycles. The number of piperidine rings is 1. The van der Waals surface area contributed by atoms with Gasteiger partial charge in [0.15, 0.2) is 0 Å². The summed E-state index contributed by atoms with van der Waals surface area (Å²) in [6.45, 7) is 10.3. The Morgan fingerprint density at radius 1 is 1.13 bits per heavy atom. The van der Waals surface area contributed by atoms with Gasteiger partial charge >= 0.3 is 6.03 Å². The van der Waals surface area contributed by atoms with Gasteiger partial charge in [0.2, 0.25) is 0 Å². The van der Waals surface area contributed by atoms with Crippen molar-refractivity contribution in [3.8, 4) is 0 Å². The third-order valence-corrected chi connectivity index (χ3v) is 2.60. The van der Waals surface area contributed by atoms with E-state index in [9.17, 15) is 4.79 Å². The van der Waals surface area contributed by atoms with Gasteiger partial charge in [0.1, 0.15) is 0 Å². The van der Waals surface area contributed by atoms with E-state index in [2.05, 4.69) is 13.2 Å². The molecule has 2 amide bonds. The van der Waals surface area contributed by atoms with Gasteiger partial charge in [-0.1, -0.05) is 12.2 Å². The Morgan fingerprint density at radius 3 is 2.13 bits per heavy atom. The van der Waals surface area contributed by atoms with E-state index in [1.807, 2.05) is 4.90 Å². The Labute approximate surface area is 92.0 Å². The van der Waals surface area contributed by atoms with Crippen LogP contribution in [0.15, 0.2) is 25.3 Å². The first-order chi connectivity index (χ1) is 7.29. The highest BCUT2D eigenvalue weighted by molar-refractivity contribution is 5.74. The Balaban J connectivity index is 2.52. The highest BCUT2D eigenvalue weighted by Crippen LogP contribution is 2.11. The maximum absolute atomic E-state index is 12.0. The SMILES string of the molecule is C=CCN(CC=C)C(=O)N1CCCCC1. The van der Waals surface area contributed by atoms with Crippen molar-refractivity contribution in [2.45, 2.75) is 19.3 Å². The van der Waals surface area contributed by atoms with Crippen LogP contribution in [0.25, 0.3) is 0 Å². The van der Waals surface area contributed by atoms with E-state index in [1.165, 1.54) is 6.42 Å². The van der Waals surface area contributed by atoms with Gasteiger partial charge in [-0.2, -0.15) is 0 Å². The highest BCUT2D eigenvalue weighted by atomic mass is 16.2. The monoisotopic (exact) mass is 208 g/mol. The lowest BCUT2D eigenvalue weighted by Gasteiger charge is -2.32. The van der Waals surface area contributed by atoms with Crippen molar-refractivity contribution in [2.75, 3.05) is 26.2 Å². The Hall–Kier alpha value is -1.25. The second-order valence-electron chi connectivity index (χ2n) is 3.81. The molecule has 0 N–H and O–H groups in total. The van der Waals surface area contributed by atoms with Crippen LogP contribution in [0.2, 0.25) is 0 Å². The maximum atomic E-state index is 12.0. The molecule has 1 saturated heterocycles. The van der Waals surface area contributed by atoms with E-state index in [0.29, 0.717) is 13.1 Å². The Bertz CT molecular complexity index is 222. The number of likely N-dealkylation sites (tertiary alicyclic amines) is 1. The molecule has 3 heteroatoms. The van der Waals surface area contributed by atoms with Gasteiger partial charge in [-0.3, -0.25) is 0 Å². The number of carbonyl (C=O) groups excluding carboxylic acids is 1. The first kappa shape index (κ1) is 11.8. The lowest BCUT2D eigenvalue weighted by Crippen LogP contribution is -2.45. The lowest BCUT2D eigenvalue weighted by molar-refractivity contribution is 0.152. The molecule has 1 aliphatic rings. The average molecular weight is 208 g/mol. The minimum Gasteiger partial charge on any atom is -0.325 e. The van der Waals surface area contributed by atoms with Gasteiger partial charge in [0.25, 0.3) is 0 Å². The topological polar surface area (TPSA) is 23.6 Å². The van der Waals surface area contributed by atoms with Crippen molar-refractivity contribution in [3.05, 3.63) is 25.3 Å². The summed E-state index contributed by atoms with van der Waals surface area (Å²) in [7, 11) is 0. The Morgan fingerprint density at radius 2 is 1.67 bits per heavy atom. The number of hydrogen-bond donors (Lipinski definition) is 0. The zero-order valence-electron chi connectivity index (χ0n) is 9.32. The molecule has 0 aromatic carbocycles. The minimum absolute atomic E-state index is 0.120. The molecule has 0 spiro atoms. The third kappa shape index (κ3) is 3.42. The Kier molecular flexibility index (Phi) is 4.95. The van der Waals surface area contributed by atoms with Crippen molar-refractivity contribution in [3.63, 3.8) is 0 Å². The molecule has 1 heterocycles. The van der Waals surface area contributed by atoms with E-state index < -0.39 is 0 Å². The second-order valence-corrected chi connectivity index (χ2v) is 3.81. The van der Waals surface area contributed by atoms with Crippen molar-refractivity contribution in [1.82, 2.24) is 9.80 Å². The first-order valence-corrected chi connectivity index (χ1v) is 5.55. The normalized spacial score (nSPS) is 15.9. The summed E-state index contributed by atoms with van der Waals surface area (Å²) >= 11 is 0. The van der Waals surface area contributed by atoms with Gasteiger partial charge in [0, 0.05) is 26.2 Å². The van der Waals surface area contributed by atoms with Crippen LogP contribution in [-0.2, 0) is 0 Å². The van der Waals surface area contributed by atoms with Gasteiger partial charge in [0.05, 0.1) is 0 Å². The van der Waals surface area contributed by atoms with Gasteiger partial charge in [-0.15, -0.1) is 13.2 Å². The molecule has 0 aromatic heterocycles. The number of carbonyl (C=O) groups is 1. The standard InChI is InChI=1S/C12H20N2O/c1-3-8-13(9-4-2)12(15)14-10-6-5-7-11-14/h3-4H,1-2,5-11H2. The zero-order valence-corrected chi connectivity index (χ0v) is 9.32. The van der Waals surface area contributed by atoms with E-state index in [0.717, 1.165) is 25.9 Å². The number of urea groups is 1. The lowest BCUT2D eigenvalue weighted by atomic mass is 10.1. The molecule has 15 heavy (non-hydrogen) atoms. The molecule has 0 radical (unpaired) electrons. The van der Waals surface area contributed by atoms with E-state index in [1.54, 1.807) is 17.1 Å².